The van der Waals surface area contributed by atoms with Gasteiger partial charge in [0.15, 0.2) is 0 Å². The highest BCUT2D eigenvalue weighted by Gasteiger charge is 2.46. The molecule has 98 valence electrons. The zero-order chi connectivity index (χ0) is 12.5. The van der Waals surface area contributed by atoms with Crippen molar-refractivity contribution in [2.45, 2.75) is 6.92 Å². The van der Waals surface area contributed by atoms with E-state index in [0.29, 0.717) is 11.9 Å². The van der Waals surface area contributed by atoms with E-state index in [2.05, 4.69) is 19.0 Å². The zero-order valence-corrected chi connectivity index (χ0v) is 11.3. The van der Waals surface area contributed by atoms with Crippen LogP contribution in [0.2, 0.25) is 0 Å². The van der Waals surface area contributed by atoms with Crippen LogP contribution in [0.15, 0.2) is 0 Å². The van der Waals surface area contributed by atoms with E-state index in [0.717, 1.165) is 6.54 Å². The fourth-order valence-electron chi connectivity index (χ4n) is 3.32. The van der Waals surface area contributed by atoms with Crippen molar-refractivity contribution in [1.29, 1.82) is 0 Å². The summed E-state index contributed by atoms with van der Waals surface area (Å²) in [5, 5.41) is 0. The Morgan fingerprint density at radius 1 is 1.12 bits per heavy atom. The van der Waals surface area contributed by atoms with Crippen LogP contribution in [0.25, 0.3) is 0 Å². The highest BCUT2D eigenvalue weighted by Crippen LogP contribution is 2.25. The first-order valence-electron chi connectivity index (χ1n) is 6.74. The van der Waals surface area contributed by atoms with E-state index in [4.69, 9.17) is 11.5 Å². The van der Waals surface area contributed by atoms with Gasteiger partial charge in [0.2, 0.25) is 0 Å². The van der Waals surface area contributed by atoms with E-state index in [1.54, 1.807) is 0 Å². The van der Waals surface area contributed by atoms with Gasteiger partial charge in [-0.25, -0.2) is 0 Å². The van der Waals surface area contributed by atoms with E-state index in [1.165, 1.54) is 54.8 Å². The monoisotopic (exact) mass is 242 g/mol. The molecule has 0 aliphatic carbocycles. The van der Waals surface area contributed by atoms with Gasteiger partial charge in [0.05, 0.1) is 20.1 Å². The number of nitrogens with zero attached hydrogens (tertiary/aromatic N) is 2. The summed E-state index contributed by atoms with van der Waals surface area (Å²) in [6, 6.07) is 0. The van der Waals surface area contributed by atoms with Crippen LogP contribution in [0.1, 0.15) is 6.92 Å². The smallest absolute Gasteiger partial charge is 0.312 e. The van der Waals surface area contributed by atoms with E-state index < -0.39 is 0 Å². The summed E-state index contributed by atoms with van der Waals surface area (Å²) in [5.74, 6) is 0.977. The fourth-order valence-corrected chi connectivity index (χ4v) is 3.32. The van der Waals surface area contributed by atoms with Crippen LogP contribution in [0.3, 0.4) is 0 Å². The van der Waals surface area contributed by atoms with Crippen molar-refractivity contribution in [3.8, 4) is 0 Å². The Labute approximate surface area is 104 Å². The molecule has 1 atom stereocenters. The molecule has 0 radical (unpaired) electrons. The molecule has 0 spiro atoms. The van der Waals surface area contributed by atoms with Gasteiger partial charge in [-0.1, -0.05) is 6.92 Å². The number of quaternary nitrogens is 2. The third kappa shape index (κ3) is 2.90. The maximum Gasteiger partial charge on any atom is 0.338 e. The molecule has 0 aromatic heterocycles. The number of rotatable bonds is 4. The summed E-state index contributed by atoms with van der Waals surface area (Å²) >= 11 is 0. The van der Waals surface area contributed by atoms with Crippen LogP contribution >= 0.6 is 0 Å². The highest BCUT2D eigenvalue weighted by molar-refractivity contribution is 5.69. The summed E-state index contributed by atoms with van der Waals surface area (Å²) in [5.41, 5.74) is 10.9. The molecule has 3 aliphatic rings. The van der Waals surface area contributed by atoms with Gasteiger partial charge in [-0.3, -0.25) is 16.5 Å². The van der Waals surface area contributed by atoms with Crippen molar-refractivity contribution in [3.63, 3.8) is 0 Å². The number of nitrogens with two attached hydrogens (primary N) is 2. The molecule has 2 bridgehead atoms. The summed E-state index contributed by atoms with van der Waals surface area (Å²) in [7, 11) is 2.40. The number of hydrogen-bond donors (Lipinski definition) is 3. The molecular weight excluding hydrogens is 214 g/mol. The van der Waals surface area contributed by atoms with Crippen molar-refractivity contribution in [1.82, 2.24) is 0 Å². The first-order chi connectivity index (χ1) is 7.93. The lowest BCUT2D eigenvalue weighted by Crippen LogP contribution is -2.80. The number of fused-ring (bicyclic) bond motifs is 3. The highest BCUT2D eigenvalue weighted by atomic mass is 15.5. The van der Waals surface area contributed by atoms with Gasteiger partial charge in [0.25, 0.3) is 0 Å². The molecule has 1 unspecified atom stereocenters. The normalized spacial score (nSPS) is 37.8. The van der Waals surface area contributed by atoms with Crippen LogP contribution in [-0.2, 0) is 0 Å². The third-order valence-electron chi connectivity index (χ3n) is 4.70. The van der Waals surface area contributed by atoms with Gasteiger partial charge >= 0.3 is 5.96 Å². The molecule has 0 amide bonds. The number of likely N-dealkylation sites (N-methyl/N-ethyl adjacent to an activating group) is 1. The zero-order valence-electron chi connectivity index (χ0n) is 11.3. The lowest BCUT2D eigenvalue weighted by atomic mass is 10.0. The van der Waals surface area contributed by atoms with Crippen LogP contribution in [0, 0.1) is 5.92 Å². The van der Waals surface area contributed by atoms with E-state index >= 15 is 0 Å². The van der Waals surface area contributed by atoms with E-state index in [9.17, 15) is 0 Å². The molecule has 0 aromatic carbocycles. The molecular formula is C12H28N5+3. The minimum atomic E-state index is 0.346. The average molecular weight is 242 g/mol. The minimum absolute atomic E-state index is 0.346. The van der Waals surface area contributed by atoms with Crippen LogP contribution in [0.4, 0.5) is 0 Å². The van der Waals surface area contributed by atoms with E-state index in [-0.39, 0.29) is 0 Å². The van der Waals surface area contributed by atoms with Crippen molar-refractivity contribution >= 4 is 5.96 Å². The molecule has 0 aromatic rings. The second-order valence-corrected chi connectivity index (χ2v) is 6.43. The van der Waals surface area contributed by atoms with Crippen molar-refractivity contribution < 1.29 is 14.0 Å². The lowest BCUT2D eigenvalue weighted by molar-refractivity contribution is -1.07. The quantitative estimate of drug-likeness (QED) is 0.285. The Balaban J connectivity index is 1.88. The molecule has 17 heavy (non-hydrogen) atoms. The number of nitrogens with one attached hydrogen (secondary N) is 1. The largest absolute Gasteiger partial charge is 0.338 e. The number of guanidine groups is 1. The standard InChI is InChI=1S/C12H27N5/c1-11(9-15-12(13)14)10-17-6-3-16(2,4-7-17)5-8-17/h11H,3-10H2,1-2H3,(H4,13,14,15)/q+2/p+1. The average Bonchev–Trinajstić information content (AvgIpc) is 2.29. The SMILES string of the molecule is CC(C[NH+]=C(N)N)C[N+]12CC[N+](C)(CC1)CC2. The second kappa shape index (κ2) is 4.46. The summed E-state index contributed by atoms with van der Waals surface area (Å²) < 4.78 is 2.62. The van der Waals surface area contributed by atoms with Gasteiger partial charge < -0.3 is 8.97 Å². The maximum atomic E-state index is 5.44. The minimum Gasteiger partial charge on any atom is -0.312 e. The molecule has 3 heterocycles. The molecule has 0 saturated carbocycles. The molecule has 5 nitrogen and oxygen atoms in total. The summed E-state index contributed by atoms with van der Waals surface area (Å²) in [6.07, 6.45) is 0. The molecule has 3 aliphatic heterocycles. The topological polar surface area (TPSA) is 66.0 Å². The first-order valence-corrected chi connectivity index (χ1v) is 6.74. The predicted octanol–water partition coefficient (Wildman–Crippen LogP) is -2.73. The maximum absolute atomic E-state index is 5.44. The van der Waals surface area contributed by atoms with Crippen molar-refractivity contribution in [2.24, 2.45) is 17.4 Å². The number of hydrogen-bond acceptors (Lipinski definition) is 0. The Hall–Kier alpha value is -0.810. The lowest BCUT2D eigenvalue weighted by Gasteiger charge is -2.54. The third-order valence-corrected chi connectivity index (χ3v) is 4.70. The van der Waals surface area contributed by atoms with Crippen LogP contribution in [-0.4, -0.2) is 74.3 Å². The molecule has 3 saturated heterocycles. The van der Waals surface area contributed by atoms with E-state index in [1.807, 2.05) is 0 Å². The van der Waals surface area contributed by atoms with Gasteiger partial charge in [-0.05, 0) is 0 Å². The number of piperazine rings is 3. The van der Waals surface area contributed by atoms with Gasteiger partial charge in [0, 0.05) is 5.92 Å². The Bertz CT molecular complexity index is 283. The van der Waals surface area contributed by atoms with Gasteiger partial charge in [-0.2, -0.15) is 0 Å². The summed E-state index contributed by atoms with van der Waals surface area (Å²) in [6.45, 7) is 12.6. The molecule has 3 fully saturated rings. The van der Waals surface area contributed by atoms with Crippen molar-refractivity contribution in [3.05, 3.63) is 0 Å². The summed E-state index contributed by atoms with van der Waals surface area (Å²) in [4.78, 5) is 3.05. The van der Waals surface area contributed by atoms with Gasteiger partial charge in [0.1, 0.15) is 39.3 Å². The Kier molecular flexibility index (Phi) is 3.32. The molecule has 3 rings (SSSR count). The Morgan fingerprint density at radius 3 is 2.12 bits per heavy atom. The van der Waals surface area contributed by atoms with Crippen LogP contribution in [0.5, 0.6) is 0 Å². The van der Waals surface area contributed by atoms with Gasteiger partial charge in [-0.15, -0.1) is 0 Å². The predicted molar refractivity (Wildman–Crippen MR) is 68.9 cm³/mol. The first kappa shape index (κ1) is 12.6. The van der Waals surface area contributed by atoms with Crippen LogP contribution < -0.4 is 16.5 Å². The second-order valence-electron chi connectivity index (χ2n) is 6.43. The van der Waals surface area contributed by atoms with Crippen molar-refractivity contribution in [2.75, 3.05) is 59.4 Å². The molecule has 5 N–H and O–H groups in total. The Morgan fingerprint density at radius 2 is 1.65 bits per heavy atom. The fraction of sp³-hybridized carbons (Fsp3) is 0.917. The molecule has 5 heteroatoms.